The van der Waals surface area contributed by atoms with Crippen molar-refractivity contribution in [3.05, 3.63) is 0 Å². The quantitative estimate of drug-likeness (QED) is 0.752. The smallest absolute Gasteiger partial charge is 0.239 e. The lowest BCUT2D eigenvalue weighted by molar-refractivity contribution is -0.133. The standard InChI is InChI=1S/C13H24N2OS/c1-9(2)11(14)12(16)15-4-3-13(8-15)5-10(6-13)7-17/h9-11,17H,3-8,14H2,1-2H3/t10?,11-,13?/m1/s1. The molecule has 1 spiro atoms. The molecule has 0 bridgehead atoms. The highest BCUT2D eigenvalue weighted by molar-refractivity contribution is 7.80. The first kappa shape index (κ1) is 13.2. The summed E-state index contributed by atoms with van der Waals surface area (Å²) in [6.07, 6.45) is 3.65. The SMILES string of the molecule is CC(C)[C@@H](N)C(=O)N1CCC2(CC(CS)C2)C1. The molecule has 0 aromatic rings. The Hall–Kier alpha value is -0.220. The van der Waals surface area contributed by atoms with Gasteiger partial charge in [0.25, 0.3) is 0 Å². The average molecular weight is 256 g/mol. The van der Waals surface area contributed by atoms with Crippen molar-refractivity contribution in [2.45, 2.75) is 39.2 Å². The van der Waals surface area contributed by atoms with Crippen molar-refractivity contribution in [2.24, 2.45) is 23.0 Å². The van der Waals surface area contributed by atoms with Gasteiger partial charge in [-0.1, -0.05) is 13.8 Å². The van der Waals surface area contributed by atoms with E-state index in [1.807, 2.05) is 18.7 Å². The molecular formula is C13H24N2OS. The third-order valence-electron chi connectivity index (χ3n) is 4.45. The van der Waals surface area contributed by atoms with E-state index in [1.165, 1.54) is 12.8 Å². The number of thiol groups is 1. The summed E-state index contributed by atoms with van der Waals surface area (Å²) in [4.78, 5) is 14.1. The maximum atomic E-state index is 12.2. The van der Waals surface area contributed by atoms with Gasteiger partial charge in [0.1, 0.15) is 0 Å². The molecule has 2 aliphatic rings. The minimum atomic E-state index is -0.328. The van der Waals surface area contributed by atoms with Crippen LogP contribution in [0.25, 0.3) is 0 Å². The van der Waals surface area contributed by atoms with Gasteiger partial charge in [-0.15, -0.1) is 0 Å². The molecule has 1 heterocycles. The van der Waals surface area contributed by atoms with E-state index in [0.29, 0.717) is 5.41 Å². The Balaban J connectivity index is 1.88. The highest BCUT2D eigenvalue weighted by Crippen LogP contribution is 2.52. The van der Waals surface area contributed by atoms with Gasteiger partial charge in [0.2, 0.25) is 5.91 Å². The van der Waals surface area contributed by atoms with Gasteiger partial charge < -0.3 is 10.6 Å². The van der Waals surface area contributed by atoms with E-state index in [2.05, 4.69) is 12.6 Å². The number of carbonyl (C=O) groups excluding carboxylic acids is 1. The molecule has 0 aromatic heterocycles. The summed E-state index contributed by atoms with van der Waals surface area (Å²) >= 11 is 4.34. The highest BCUT2D eigenvalue weighted by Gasteiger charge is 2.49. The molecule has 2 N–H and O–H groups in total. The van der Waals surface area contributed by atoms with Gasteiger partial charge in [0.15, 0.2) is 0 Å². The molecule has 98 valence electrons. The lowest BCUT2D eigenvalue weighted by Crippen LogP contribution is -2.47. The van der Waals surface area contributed by atoms with E-state index < -0.39 is 0 Å². The van der Waals surface area contributed by atoms with Crippen molar-refractivity contribution >= 4 is 18.5 Å². The Morgan fingerprint density at radius 1 is 1.53 bits per heavy atom. The van der Waals surface area contributed by atoms with Crippen LogP contribution in [0.4, 0.5) is 0 Å². The van der Waals surface area contributed by atoms with Crippen LogP contribution in [0.3, 0.4) is 0 Å². The van der Waals surface area contributed by atoms with Gasteiger partial charge >= 0.3 is 0 Å². The summed E-state index contributed by atoms with van der Waals surface area (Å²) in [5.41, 5.74) is 6.35. The van der Waals surface area contributed by atoms with E-state index >= 15 is 0 Å². The molecule has 17 heavy (non-hydrogen) atoms. The lowest BCUT2D eigenvalue weighted by atomic mass is 9.62. The van der Waals surface area contributed by atoms with E-state index in [0.717, 1.165) is 31.2 Å². The van der Waals surface area contributed by atoms with Crippen molar-refractivity contribution in [3.8, 4) is 0 Å². The van der Waals surface area contributed by atoms with Crippen LogP contribution in [0.5, 0.6) is 0 Å². The maximum absolute atomic E-state index is 12.2. The zero-order chi connectivity index (χ0) is 12.6. The largest absolute Gasteiger partial charge is 0.341 e. The molecule has 2 fully saturated rings. The third-order valence-corrected chi connectivity index (χ3v) is 4.97. The second-order valence-electron chi connectivity index (χ2n) is 6.24. The Morgan fingerprint density at radius 2 is 2.18 bits per heavy atom. The molecule has 1 aliphatic carbocycles. The molecule has 1 aliphatic heterocycles. The summed E-state index contributed by atoms with van der Waals surface area (Å²) in [6, 6.07) is -0.328. The van der Waals surface area contributed by atoms with Crippen molar-refractivity contribution in [1.29, 1.82) is 0 Å². The number of nitrogens with zero attached hydrogens (tertiary/aromatic N) is 1. The first-order valence-corrected chi connectivity index (χ1v) is 7.26. The number of rotatable bonds is 3. The Morgan fingerprint density at radius 3 is 2.71 bits per heavy atom. The monoisotopic (exact) mass is 256 g/mol. The topological polar surface area (TPSA) is 46.3 Å². The van der Waals surface area contributed by atoms with Crippen LogP contribution in [-0.2, 0) is 4.79 Å². The molecule has 3 nitrogen and oxygen atoms in total. The average Bonchev–Trinajstić information content (AvgIpc) is 2.69. The van der Waals surface area contributed by atoms with Crippen molar-refractivity contribution in [1.82, 2.24) is 4.90 Å². The molecule has 0 unspecified atom stereocenters. The minimum Gasteiger partial charge on any atom is -0.341 e. The fraction of sp³-hybridized carbons (Fsp3) is 0.923. The molecule has 1 saturated heterocycles. The molecule has 0 radical (unpaired) electrons. The summed E-state index contributed by atoms with van der Waals surface area (Å²) in [6.45, 7) is 5.85. The van der Waals surface area contributed by atoms with Crippen molar-refractivity contribution in [2.75, 3.05) is 18.8 Å². The molecule has 2 rings (SSSR count). The fourth-order valence-electron chi connectivity index (χ4n) is 3.25. The third kappa shape index (κ3) is 2.48. The van der Waals surface area contributed by atoms with Gasteiger partial charge in [-0.2, -0.15) is 12.6 Å². The van der Waals surface area contributed by atoms with Gasteiger partial charge in [-0.3, -0.25) is 4.79 Å². The molecule has 1 saturated carbocycles. The zero-order valence-electron chi connectivity index (χ0n) is 10.9. The second kappa shape index (κ2) is 4.81. The van der Waals surface area contributed by atoms with Gasteiger partial charge in [0, 0.05) is 13.1 Å². The van der Waals surface area contributed by atoms with Crippen LogP contribution >= 0.6 is 12.6 Å². The number of hydrogen-bond donors (Lipinski definition) is 2. The summed E-state index contributed by atoms with van der Waals surface area (Å²) in [5, 5.41) is 0. The van der Waals surface area contributed by atoms with E-state index in [1.54, 1.807) is 0 Å². The van der Waals surface area contributed by atoms with E-state index in [-0.39, 0.29) is 17.9 Å². The van der Waals surface area contributed by atoms with Crippen molar-refractivity contribution in [3.63, 3.8) is 0 Å². The normalized spacial score (nSPS) is 34.2. The van der Waals surface area contributed by atoms with Crippen LogP contribution in [-0.4, -0.2) is 35.7 Å². The number of nitrogens with two attached hydrogens (primary N) is 1. The number of likely N-dealkylation sites (tertiary alicyclic amines) is 1. The molecule has 1 atom stereocenters. The first-order valence-electron chi connectivity index (χ1n) is 6.63. The van der Waals surface area contributed by atoms with Gasteiger partial charge in [-0.25, -0.2) is 0 Å². The summed E-state index contributed by atoms with van der Waals surface area (Å²) in [5.74, 6) is 2.13. The minimum absolute atomic E-state index is 0.145. The van der Waals surface area contributed by atoms with Crippen molar-refractivity contribution < 1.29 is 4.79 Å². The number of carbonyl (C=O) groups is 1. The molecular weight excluding hydrogens is 232 g/mol. The van der Waals surface area contributed by atoms with Crippen LogP contribution in [0, 0.1) is 17.3 Å². The lowest BCUT2D eigenvalue weighted by Gasteiger charge is -2.44. The van der Waals surface area contributed by atoms with E-state index in [4.69, 9.17) is 5.73 Å². The molecule has 4 heteroatoms. The summed E-state index contributed by atoms with van der Waals surface area (Å²) in [7, 11) is 0. The predicted octanol–water partition coefficient (Wildman–Crippen LogP) is 1.53. The maximum Gasteiger partial charge on any atom is 0.239 e. The van der Waals surface area contributed by atoms with Crippen LogP contribution in [0.1, 0.15) is 33.1 Å². The van der Waals surface area contributed by atoms with Crippen LogP contribution in [0.2, 0.25) is 0 Å². The van der Waals surface area contributed by atoms with Crippen LogP contribution < -0.4 is 5.73 Å². The first-order chi connectivity index (χ1) is 7.97. The summed E-state index contributed by atoms with van der Waals surface area (Å²) < 4.78 is 0. The van der Waals surface area contributed by atoms with Gasteiger partial charge in [-0.05, 0) is 42.3 Å². The van der Waals surface area contributed by atoms with Gasteiger partial charge in [0.05, 0.1) is 6.04 Å². The zero-order valence-corrected chi connectivity index (χ0v) is 11.7. The highest BCUT2D eigenvalue weighted by atomic mass is 32.1. The van der Waals surface area contributed by atoms with Crippen LogP contribution in [0.15, 0.2) is 0 Å². The van der Waals surface area contributed by atoms with E-state index in [9.17, 15) is 4.79 Å². The Labute approximate surface area is 110 Å². The second-order valence-corrected chi connectivity index (χ2v) is 6.60. The molecule has 1 amide bonds. The molecule has 0 aromatic carbocycles. The Bertz CT molecular complexity index is 300. The number of amides is 1. The predicted molar refractivity (Wildman–Crippen MR) is 73.0 cm³/mol. The number of hydrogen-bond acceptors (Lipinski definition) is 3. The Kier molecular flexibility index (Phi) is 3.74. The fourth-order valence-corrected chi connectivity index (χ4v) is 3.50.